The second kappa shape index (κ2) is 8.11. The number of hydrogen-bond acceptors (Lipinski definition) is 5. The molecular formula is C18H24N4O3. The first-order valence-corrected chi connectivity index (χ1v) is 8.66. The average Bonchev–Trinajstić information content (AvgIpc) is 3.10. The average molecular weight is 344 g/mol. The highest BCUT2D eigenvalue weighted by molar-refractivity contribution is 5.89. The third-order valence-corrected chi connectivity index (χ3v) is 4.48. The number of carbonyl (C=O) groups is 1. The Kier molecular flexibility index (Phi) is 5.65. The van der Waals surface area contributed by atoms with Crippen LogP contribution in [0.1, 0.15) is 32.6 Å². The van der Waals surface area contributed by atoms with E-state index in [4.69, 9.17) is 9.47 Å². The lowest BCUT2D eigenvalue weighted by atomic mass is 9.91. The number of carbonyl (C=O) groups excluding carboxylic acids is 1. The Bertz CT molecular complexity index is 716. The van der Waals surface area contributed by atoms with E-state index >= 15 is 0 Å². The fourth-order valence-electron chi connectivity index (χ4n) is 3.09. The topological polar surface area (TPSA) is 78.3 Å². The minimum absolute atomic E-state index is 0.0283. The van der Waals surface area contributed by atoms with Crippen LogP contribution in [0.25, 0.3) is 5.69 Å². The van der Waals surface area contributed by atoms with Crippen LogP contribution in [0.15, 0.2) is 30.5 Å². The SMILES string of the molecule is CCC1CC(CC(=O)Nc2cn(-c3cccc(OC)c3)nn2)CCO1. The Balaban J connectivity index is 1.58. The maximum atomic E-state index is 12.3. The number of benzene rings is 1. The van der Waals surface area contributed by atoms with Gasteiger partial charge in [-0.25, -0.2) is 4.68 Å². The van der Waals surface area contributed by atoms with Crippen LogP contribution >= 0.6 is 0 Å². The van der Waals surface area contributed by atoms with Crippen molar-refractivity contribution in [1.29, 1.82) is 0 Å². The number of aromatic nitrogens is 3. The van der Waals surface area contributed by atoms with E-state index in [1.807, 2.05) is 24.3 Å². The minimum atomic E-state index is -0.0283. The van der Waals surface area contributed by atoms with E-state index in [2.05, 4.69) is 22.6 Å². The van der Waals surface area contributed by atoms with E-state index < -0.39 is 0 Å². The molecule has 25 heavy (non-hydrogen) atoms. The van der Waals surface area contributed by atoms with Crippen molar-refractivity contribution in [3.63, 3.8) is 0 Å². The summed E-state index contributed by atoms with van der Waals surface area (Å²) in [5.41, 5.74) is 0.822. The summed E-state index contributed by atoms with van der Waals surface area (Å²) in [4.78, 5) is 12.3. The second-order valence-electron chi connectivity index (χ2n) is 6.29. The molecule has 0 aliphatic carbocycles. The lowest BCUT2D eigenvalue weighted by Gasteiger charge is -2.28. The van der Waals surface area contributed by atoms with E-state index in [-0.39, 0.29) is 12.0 Å². The molecule has 1 amide bonds. The zero-order chi connectivity index (χ0) is 17.6. The van der Waals surface area contributed by atoms with Crippen LogP contribution in [0.4, 0.5) is 5.82 Å². The van der Waals surface area contributed by atoms with Gasteiger partial charge in [0.1, 0.15) is 5.75 Å². The number of rotatable bonds is 6. The Morgan fingerprint density at radius 3 is 3.16 bits per heavy atom. The Morgan fingerprint density at radius 1 is 1.48 bits per heavy atom. The van der Waals surface area contributed by atoms with E-state index in [1.54, 1.807) is 18.0 Å². The maximum absolute atomic E-state index is 12.3. The van der Waals surface area contributed by atoms with Gasteiger partial charge in [0.05, 0.1) is 25.1 Å². The van der Waals surface area contributed by atoms with Gasteiger partial charge in [0.15, 0.2) is 5.82 Å². The predicted octanol–water partition coefficient (Wildman–Crippen LogP) is 2.81. The normalized spacial score (nSPS) is 20.2. The van der Waals surface area contributed by atoms with Crippen molar-refractivity contribution in [3.8, 4) is 11.4 Å². The maximum Gasteiger partial charge on any atom is 0.225 e. The second-order valence-corrected chi connectivity index (χ2v) is 6.29. The first-order chi connectivity index (χ1) is 12.2. The number of ether oxygens (including phenoxy) is 2. The van der Waals surface area contributed by atoms with Crippen LogP contribution in [0.3, 0.4) is 0 Å². The van der Waals surface area contributed by atoms with Crippen LogP contribution in [0.2, 0.25) is 0 Å². The van der Waals surface area contributed by atoms with Gasteiger partial charge in [0, 0.05) is 19.1 Å². The van der Waals surface area contributed by atoms with Gasteiger partial charge in [0.25, 0.3) is 0 Å². The quantitative estimate of drug-likeness (QED) is 0.872. The molecule has 0 saturated carbocycles. The van der Waals surface area contributed by atoms with E-state index in [0.717, 1.165) is 37.3 Å². The van der Waals surface area contributed by atoms with E-state index in [9.17, 15) is 4.79 Å². The highest BCUT2D eigenvalue weighted by atomic mass is 16.5. The first kappa shape index (κ1) is 17.4. The third-order valence-electron chi connectivity index (χ3n) is 4.48. The molecular weight excluding hydrogens is 320 g/mol. The van der Waals surface area contributed by atoms with Crippen LogP contribution in [0.5, 0.6) is 5.75 Å². The number of hydrogen-bond donors (Lipinski definition) is 1. The van der Waals surface area contributed by atoms with Crippen molar-refractivity contribution in [2.24, 2.45) is 5.92 Å². The molecule has 1 aliphatic heterocycles. The summed E-state index contributed by atoms with van der Waals surface area (Å²) in [5.74, 6) is 1.53. The molecule has 3 rings (SSSR count). The van der Waals surface area contributed by atoms with Crippen molar-refractivity contribution in [2.75, 3.05) is 19.0 Å². The highest BCUT2D eigenvalue weighted by Crippen LogP contribution is 2.25. The van der Waals surface area contributed by atoms with Gasteiger partial charge in [-0.2, -0.15) is 0 Å². The molecule has 134 valence electrons. The number of methoxy groups -OCH3 is 1. The van der Waals surface area contributed by atoms with Crippen molar-refractivity contribution < 1.29 is 14.3 Å². The van der Waals surface area contributed by atoms with Gasteiger partial charge in [-0.15, -0.1) is 5.10 Å². The smallest absolute Gasteiger partial charge is 0.225 e. The Morgan fingerprint density at radius 2 is 2.36 bits per heavy atom. The molecule has 0 spiro atoms. The molecule has 2 unspecified atom stereocenters. The molecule has 1 N–H and O–H groups in total. The Hall–Kier alpha value is -2.41. The number of nitrogens with one attached hydrogen (secondary N) is 1. The third kappa shape index (κ3) is 4.57. The molecule has 2 atom stereocenters. The van der Waals surface area contributed by atoms with Crippen molar-refractivity contribution in [2.45, 2.75) is 38.7 Å². The molecule has 1 fully saturated rings. The van der Waals surface area contributed by atoms with Gasteiger partial charge in [-0.1, -0.05) is 18.2 Å². The van der Waals surface area contributed by atoms with Crippen molar-refractivity contribution in [3.05, 3.63) is 30.5 Å². The Labute approximate surface area is 147 Å². The molecule has 1 aromatic carbocycles. The lowest BCUT2D eigenvalue weighted by molar-refractivity contribution is -0.118. The van der Waals surface area contributed by atoms with Gasteiger partial charge in [0.2, 0.25) is 5.91 Å². The lowest BCUT2D eigenvalue weighted by Crippen LogP contribution is -2.28. The summed E-state index contributed by atoms with van der Waals surface area (Å²) in [5, 5.41) is 10.9. The van der Waals surface area contributed by atoms with Gasteiger partial charge >= 0.3 is 0 Å². The van der Waals surface area contributed by atoms with Gasteiger partial charge in [-0.05, 0) is 37.3 Å². The molecule has 0 radical (unpaired) electrons. The molecule has 7 heteroatoms. The molecule has 2 heterocycles. The van der Waals surface area contributed by atoms with E-state index in [0.29, 0.717) is 18.2 Å². The fourth-order valence-corrected chi connectivity index (χ4v) is 3.09. The van der Waals surface area contributed by atoms with Crippen LogP contribution in [-0.4, -0.2) is 40.7 Å². The summed E-state index contributed by atoms with van der Waals surface area (Å²) >= 11 is 0. The summed E-state index contributed by atoms with van der Waals surface area (Å²) in [6, 6.07) is 7.49. The minimum Gasteiger partial charge on any atom is -0.497 e. The zero-order valence-corrected chi connectivity index (χ0v) is 14.6. The molecule has 7 nitrogen and oxygen atoms in total. The van der Waals surface area contributed by atoms with Crippen LogP contribution in [-0.2, 0) is 9.53 Å². The largest absolute Gasteiger partial charge is 0.497 e. The fraction of sp³-hybridized carbons (Fsp3) is 0.500. The highest BCUT2D eigenvalue weighted by Gasteiger charge is 2.23. The van der Waals surface area contributed by atoms with E-state index in [1.165, 1.54) is 0 Å². The van der Waals surface area contributed by atoms with Crippen molar-refractivity contribution >= 4 is 11.7 Å². The molecule has 1 aliphatic rings. The number of anilines is 1. The van der Waals surface area contributed by atoms with Gasteiger partial charge < -0.3 is 14.8 Å². The van der Waals surface area contributed by atoms with Crippen LogP contribution in [0, 0.1) is 5.92 Å². The first-order valence-electron chi connectivity index (χ1n) is 8.66. The number of nitrogens with zero attached hydrogens (tertiary/aromatic N) is 3. The zero-order valence-electron chi connectivity index (χ0n) is 14.6. The molecule has 0 bridgehead atoms. The summed E-state index contributed by atoms with van der Waals surface area (Å²) in [7, 11) is 1.62. The predicted molar refractivity (Wildman–Crippen MR) is 93.9 cm³/mol. The molecule has 1 aromatic heterocycles. The van der Waals surface area contributed by atoms with Crippen molar-refractivity contribution in [1.82, 2.24) is 15.0 Å². The van der Waals surface area contributed by atoms with Gasteiger partial charge in [-0.3, -0.25) is 4.79 Å². The standard InChI is InChI=1S/C18H24N4O3/c1-3-15-9-13(7-8-25-15)10-18(23)19-17-12-22(21-20-17)14-5-4-6-16(11-14)24-2/h4-6,11-13,15H,3,7-10H2,1-2H3,(H,19,23). The molecule has 1 saturated heterocycles. The monoisotopic (exact) mass is 344 g/mol. The summed E-state index contributed by atoms with van der Waals surface area (Å²) in [6.07, 6.45) is 5.34. The summed E-state index contributed by atoms with van der Waals surface area (Å²) < 4.78 is 12.5. The molecule has 2 aromatic rings. The van der Waals surface area contributed by atoms with Crippen LogP contribution < -0.4 is 10.1 Å². The summed E-state index contributed by atoms with van der Waals surface area (Å²) in [6.45, 7) is 2.85. The number of amides is 1.